The van der Waals surface area contributed by atoms with Gasteiger partial charge in [0.05, 0.1) is 28.7 Å². The normalized spacial score (nSPS) is 14.6. The second-order valence-electron chi connectivity index (χ2n) is 6.53. The number of methoxy groups -OCH3 is 1. The number of benzene rings is 1. The Balaban J connectivity index is 0.00000210. The Kier molecular flexibility index (Phi) is 10.8. The summed E-state index contributed by atoms with van der Waals surface area (Å²) < 4.78 is 17.3. The number of pyridine rings is 1. The van der Waals surface area contributed by atoms with Crippen LogP contribution in [0.5, 0.6) is 11.5 Å². The molecule has 0 bridgehead atoms. The van der Waals surface area contributed by atoms with Crippen molar-refractivity contribution in [2.24, 2.45) is 5.73 Å². The maximum Gasteiger partial charge on any atom is 0.323 e. The van der Waals surface area contributed by atoms with Crippen molar-refractivity contribution in [1.82, 2.24) is 4.98 Å². The molecule has 0 saturated heterocycles. The minimum Gasteiger partial charge on any atom is -0.493 e. The summed E-state index contributed by atoms with van der Waals surface area (Å²) in [6.07, 6.45) is 6.06. The predicted octanol–water partition coefficient (Wildman–Crippen LogP) is 5.08. The fraction of sp³-hybridized carbons (Fsp3) is 0.474. The van der Waals surface area contributed by atoms with Crippen LogP contribution in [0.2, 0.25) is 5.02 Å². The van der Waals surface area contributed by atoms with Crippen LogP contribution in [-0.4, -0.2) is 36.8 Å². The Morgan fingerprint density at radius 2 is 2.00 bits per heavy atom. The van der Waals surface area contributed by atoms with Crippen LogP contribution in [0.4, 0.5) is 0 Å². The number of fused-ring (bicyclic) bond motifs is 1. The molecule has 1 fully saturated rings. The fourth-order valence-electron chi connectivity index (χ4n) is 3.09. The Hall–Kier alpha value is -0.990. The van der Waals surface area contributed by atoms with E-state index >= 15 is 0 Å². The lowest BCUT2D eigenvalue weighted by Gasteiger charge is -2.17. The summed E-state index contributed by atoms with van der Waals surface area (Å²) in [6.45, 7) is 0.257. The summed E-state index contributed by atoms with van der Waals surface area (Å²) in [5.74, 6) is 0.688. The number of carbonyl (C=O) groups excluding carboxylic acids is 1. The Morgan fingerprint density at radius 1 is 1.31 bits per heavy atom. The number of aromatic nitrogens is 1. The third-order valence-corrected chi connectivity index (χ3v) is 5.86. The summed E-state index contributed by atoms with van der Waals surface area (Å²) >= 11 is 9.67. The number of ether oxygens (including phenoxy) is 3. The summed E-state index contributed by atoms with van der Waals surface area (Å²) in [4.78, 5) is 16.4. The van der Waals surface area contributed by atoms with E-state index in [2.05, 4.69) is 20.9 Å². The molecular weight excluding hydrogens is 506 g/mol. The molecule has 0 amide bonds. The topological polar surface area (TPSA) is 83.7 Å². The smallest absolute Gasteiger partial charge is 0.323 e. The van der Waals surface area contributed by atoms with E-state index in [1.807, 2.05) is 0 Å². The van der Waals surface area contributed by atoms with Gasteiger partial charge in [-0.1, -0.05) is 11.6 Å². The molecule has 1 unspecified atom stereocenters. The van der Waals surface area contributed by atoms with Crippen molar-refractivity contribution in [2.45, 2.75) is 44.2 Å². The van der Waals surface area contributed by atoms with Gasteiger partial charge in [0.15, 0.2) is 11.5 Å². The zero-order valence-electron chi connectivity index (χ0n) is 15.9. The van der Waals surface area contributed by atoms with Gasteiger partial charge in [0.25, 0.3) is 0 Å². The van der Waals surface area contributed by atoms with E-state index in [-0.39, 0.29) is 43.5 Å². The SMILES string of the molecule is COc1cc2c(Cl)c(Br)cnc2cc1OCCC(N)C(=O)OC1CCCC1.Cl.Cl. The van der Waals surface area contributed by atoms with Crippen LogP contribution in [-0.2, 0) is 9.53 Å². The number of halogens is 4. The molecule has 2 N–H and O–H groups in total. The minimum absolute atomic E-state index is 0. The lowest BCUT2D eigenvalue weighted by Crippen LogP contribution is -2.35. The Bertz CT molecular complexity index is 835. The van der Waals surface area contributed by atoms with Crippen LogP contribution < -0.4 is 15.2 Å². The molecule has 1 saturated carbocycles. The molecule has 1 aliphatic carbocycles. The van der Waals surface area contributed by atoms with Gasteiger partial charge in [-0.15, -0.1) is 24.8 Å². The minimum atomic E-state index is -0.708. The second-order valence-corrected chi connectivity index (χ2v) is 7.76. The highest BCUT2D eigenvalue weighted by atomic mass is 79.9. The highest BCUT2D eigenvalue weighted by Gasteiger charge is 2.23. The van der Waals surface area contributed by atoms with Crippen molar-refractivity contribution in [3.8, 4) is 11.5 Å². The average molecular weight is 531 g/mol. The summed E-state index contributed by atoms with van der Waals surface area (Å²) in [6, 6.07) is 2.83. The van der Waals surface area contributed by atoms with Crippen molar-refractivity contribution in [2.75, 3.05) is 13.7 Å². The quantitative estimate of drug-likeness (QED) is 0.503. The van der Waals surface area contributed by atoms with Crippen molar-refractivity contribution in [3.05, 3.63) is 27.8 Å². The molecule has 1 aromatic heterocycles. The first-order chi connectivity index (χ1) is 13.0. The summed E-state index contributed by atoms with van der Waals surface area (Å²) in [5, 5.41) is 1.31. The van der Waals surface area contributed by atoms with Gasteiger partial charge < -0.3 is 19.9 Å². The van der Waals surface area contributed by atoms with E-state index in [1.165, 1.54) is 0 Å². The van der Waals surface area contributed by atoms with Crippen LogP contribution in [0.1, 0.15) is 32.1 Å². The summed E-state index contributed by atoms with van der Waals surface area (Å²) in [5.41, 5.74) is 6.62. The Morgan fingerprint density at radius 3 is 2.66 bits per heavy atom. The molecule has 0 aliphatic heterocycles. The molecular formula is C19H24BrCl3N2O4. The maximum atomic E-state index is 12.1. The monoisotopic (exact) mass is 528 g/mol. The highest BCUT2D eigenvalue weighted by molar-refractivity contribution is 9.10. The number of carbonyl (C=O) groups is 1. The average Bonchev–Trinajstić information content (AvgIpc) is 3.17. The lowest BCUT2D eigenvalue weighted by atomic mass is 10.2. The molecule has 1 aromatic carbocycles. The molecule has 10 heteroatoms. The van der Waals surface area contributed by atoms with E-state index in [1.54, 1.807) is 25.4 Å². The number of nitrogens with zero attached hydrogens (tertiary/aromatic N) is 1. The zero-order chi connectivity index (χ0) is 19.4. The third-order valence-electron chi connectivity index (χ3n) is 4.62. The second kappa shape index (κ2) is 12.0. The fourth-order valence-corrected chi connectivity index (χ4v) is 3.60. The maximum absolute atomic E-state index is 12.1. The number of esters is 1. The van der Waals surface area contributed by atoms with Gasteiger partial charge in [-0.2, -0.15) is 0 Å². The lowest BCUT2D eigenvalue weighted by molar-refractivity contribution is -0.150. The zero-order valence-corrected chi connectivity index (χ0v) is 19.8. The number of hydrogen-bond acceptors (Lipinski definition) is 6. The molecule has 0 radical (unpaired) electrons. The van der Waals surface area contributed by atoms with Gasteiger partial charge in [0.2, 0.25) is 0 Å². The van der Waals surface area contributed by atoms with E-state index < -0.39 is 6.04 Å². The highest BCUT2D eigenvalue weighted by Crippen LogP contribution is 2.37. The van der Waals surface area contributed by atoms with Crippen molar-refractivity contribution >= 4 is 69.2 Å². The van der Waals surface area contributed by atoms with E-state index in [9.17, 15) is 4.79 Å². The van der Waals surface area contributed by atoms with Crippen LogP contribution in [0, 0.1) is 0 Å². The molecule has 1 aliphatic rings. The molecule has 3 rings (SSSR count). The van der Waals surface area contributed by atoms with Crippen LogP contribution in [0.15, 0.2) is 22.8 Å². The first-order valence-corrected chi connectivity index (χ1v) is 10.1. The molecule has 6 nitrogen and oxygen atoms in total. The first kappa shape index (κ1) is 26.0. The summed E-state index contributed by atoms with van der Waals surface area (Å²) in [7, 11) is 1.55. The van der Waals surface area contributed by atoms with Crippen LogP contribution >= 0.6 is 52.3 Å². The van der Waals surface area contributed by atoms with Gasteiger partial charge in [0.1, 0.15) is 12.1 Å². The number of hydrogen-bond donors (Lipinski definition) is 1. The van der Waals surface area contributed by atoms with Gasteiger partial charge in [0, 0.05) is 24.1 Å². The van der Waals surface area contributed by atoms with Gasteiger partial charge in [-0.05, 0) is 47.7 Å². The van der Waals surface area contributed by atoms with E-state index in [0.717, 1.165) is 31.1 Å². The predicted molar refractivity (Wildman–Crippen MR) is 122 cm³/mol. The number of nitrogens with two attached hydrogens (primary N) is 1. The number of rotatable bonds is 7. The molecule has 1 heterocycles. The van der Waals surface area contributed by atoms with Crippen molar-refractivity contribution in [1.29, 1.82) is 0 Å². The van der Waals surface area contributed by atoms with Gasteiger partial charge in [-0.25, -0.2) is 0 Å². The standard InChI is InChI=1S/C19H22BrClN2O4.2ClH/c1-25-16-8-12-15(23-10-13(20)18(12)21)9-17(16)26-7-6-14(22)19(24)27-11-4-2-3-5-11;;/h8-11,14H,2-7,22H2,1H3;2*1H. The molecule has 162 valence electrons. The molecule has 1 atom stereocenters. The molecule has 2 aromatic rings. The van der Waals surface area contributed by atoms with E-state index in [0.29, 0.717) is 32.9 Å². The Labute approximate surface area is 195 Å². The molecule has 29 heavy (non-hydrogen) atoms. The van der Waals surface area contributed by atoms with Gasteiger partial charge >= 0.3 is 5.97 Å². The van der Waals surface area contributed by atoms with Crippen LogP contribution in [0.3, 0.4) is 0 Å². The van der Waals surface area contributed by atoms with E-state index in [4.69, 9.17) is 31.5 Å². The largest absolute Gasteiger partial charge is 0.493 e. The third kappa shape index (κ3) is 6.49. The molecule has 0 spiro atoms. The van der Waals surface area contributed by atoms with Gasteiger partial charge in [-0.3, -0.25) is 9.78 Å². The van der Waals surface area contributed by atoms with Crippen LogP contribution in [0.25, 0.3) is 10.9 Å². The van der Waals surface area contributed by atoms with Crippen molar-refractivity contribution < 1.29 is 19.0 Å². The first-order valence-electron chi connectivity index (χ1n) is 8.90. The van der Waals surface area contributed by atoms with Crippen molar-refractivity contribution in [3.63, 3.8) is 0 Å².